The summed E-state index contributed by atoms with van der Waals surface area (Å²) in [4.78, 5) is 52.0. The summed E-state index contributed by atoms with van der Waals surface area (Å²) in [6.07, 6.45) is 2.26. The van der Waals surface area contributed by atoms with Crippen molar-refractivity contribution in [2.45, 2.75) is 117 Å². The van der Waals surface area contributed by atoms with Gasteiger partial charge in [-0.05, 0) is 81.9 Å². The number of hydrogen-bond donors (Lipinski definition) is 5. The molecule has 1 aromatic rings. The summed E-state index contributed by atoms with van der Waals surface area (Å²) in [5, 5.41) is 21.7. The summed E-state index contributed by atoms with van der Waals surface area (Å²) in [6, 6.07) is 5.32. The Kier molecular flexibility index (Phi) is 14.6. The molecule has 0 saturated heterocycles. The van der Waals surface area contributed by atoms with Gasteiger partial charge in [0, 0.05) is 19.6 Å². The van der Waals surface area contributed by atoms with Crippen LogP contribution in [-0.2, 0) is 25.5 Å². The standard InChI is InChI=1S/C34H56N4O8/c1-23(2)27-22-44-19-11-12-20-45-25-15-13-24(14-16-25)21-26(28(39)36-27)37-30(42)38-34(29(40)41,32(3,4)5)17-9-10-18-35-31(43)46-33(6,7)8/h13-16,23,26-27H,9-12,17-22H2,1-8H3,(H,35,43)(H,36,39)(H,40,41)(H2,37,38,42)/t26-,27-,34-/m1/s1. The van der Waals surface area contributed by atoms with Gasteiger partial charge in [-0.15, -0.1) is 0 Å². The maximum Gasteiger partial charge on any atom is 0.407 e. The van der Waals surface area contributed by atoms with Crippen molar-refractivity contribution in [2.24, 2.45) is 11.3 Å². The zero-order chi connectivity index (χ0) is 34.5. The average molecular weight is 649 g/mol. The molecule has 0 aliphatic carbocycles. The van der Waals surface area contributed by atoms with Crippen LogP contribution in [0.2, 0.25) is 0 Å². The van der Waals surface area contributed by atoms with Crippen LogP contribution in [0.4, 0.5) is 9.59 Å². The molecular weight excluding hydrogens is 592 g/mol. The van der Waals surface area contributed by atoms with E-state index < -0.39 is 46.6 Å². The first kappa shape index (κ1) is 38.6. The Morgan fingerprint density at radius 3 is 2.26 bits per heavy atom. The summed E-state index contributed by atoms with van der Waals surface area (Å²) >= 11 is 0. The van der Waals surface area contributed by atoms with Gasteiger partial charge in [0.25, 0.3) is 0 Å². The van der Waals surface area contributed by atoms with Crippen LogP contribution in [0.1, 0.15) is 93.1 Å². The van der Waals surface area contributed by atoms with Crippen LogP contribution in [0.15, 0.2) is 24.3 Å². The molecule has 3 rings (SSSR count). The Morgan fingerprint density at radius 2 is 1.67 bits per heavy atom. The highest BCUT2D eigenvalue weighted by molar-refractivity contribution is 5.91. The SMILES string of the molecule is CC(C)[C@H]1COCCCCOc2ccc(cc2)C[C@@H](NC(=O)N[C@](CCCCNC(=O)OC(C)(C)C)(C(=O)O)C(C)(C)C)C(=O)N1. The van der Waals surface area contributed by atoms with Gasteiger partial charge >= 0.3 is 18.1 Å². The number of hydrogen-bond acceptors (Lipinski definition) is 7. The second-order valence-corrected chi connectivity index (χ2v) is 14.3. The van der Waals surface area contributed by atoms with E-state index in [-0.39, 0.29) is 31.3 Å². The number of carbonyl (C=O) groups is 4. The number of nitrogens with one attached hydrogen (secondary N) is 4. The highest BCUT2D eigenvalue weighted by atomic mass is 16.6. The summed E-state index contributed by atoms with van der Waals surface area (Å²) in [5.41, 5.74) is -2.39. The van der Waals surface area contributed by atoms with E-state index in [1.54, 1.807) is 41.5 Å². The minimum atomic E-state index is -1.66. The summed E-state index contributed by atoms with van der Waals surface area (Å²) < 4.78 is 16.9. The van der Waals surface area contributed by atoms with Crippen LogP contribution in [0, 0.1) is 11.3 Å². The number of urea groups is 1. The number of amides is 4. The Balaban J connectivity index is 2.23. The van der Waals surface area contributed by atoms with Crippen molar-refractivity contribution in [3.8, 4) is 5.75 Å². The molecule has 0 fully saturated rings. The molecule has 2 aliphatic heterocycles. The number of rotatable bonds is 9. The first-order valence-corrected chi connectivity index (χ1v) is 16.3. The van der Waals surface area contributed by atoms with Crippen LogP contribution in [0.3, 0.4) is 0 Å². The molecule has 12 heteroatoms. The molecule has 2 heterocycles. The predicted octanol–water partition coefficient (Wildman–Crippen LogP) is 4.79. The monoisotopic (exact) mass is 648 g/mol. The molecule has 0 aromatic heterocycles. The number of unbranched alkanes of at least 4 members (excludes halogenated alkanes) is 1. The first-order valence-electron chi connectivity index (χ1n) is 16.3. The smallest absolute Gasteiger partial charge is 0.407 e. The summed E-state index contributed by atoms with van der Waals surface area (Å²) in [5.74, 6) is -0.800. The van der Waals surface area contributed by atoms with E-state index >= 15 is 0 Å². The van der Waals surface area contributed by atoms with Gasteiger partial charge in [-0.3, -0.25) is 4.79 Å². The number of carbonyl (C=O) groups excluding carboxylic acids is 3. The molecule has 260 valence electrons. The van der Waals surface area contributed by atoms with Gasteiger partial charge in [-0.2, -0.15) is 0 Å². The van der Waals surface area contributed by atoms with Crippen molar-refractivity contribution in [3.63, 3.8) is 0 Å². The minimum Gasteiger partial charge on any atom is -0.494 e. The van der Waals surface area contributed by atoms with Crippen molar-refractivity contribution in [1.29, 1.82) is 0 Å². The quantitative estimate of drug-likeness (QED) is 0.239. The molecule has 0 radical (unpaired) electrons. The fraction of sp³-hybridized carbons (Fsp3) is 0.706. The van der Waals surface area contributed by atoms with E-state index in [4.69, 9.17) is 14.2 Å². The molecule has 46 heavy (non-hydrogen) atoms. The van der Waals surface area contributed by atoms with E-state index in [0.29, 0.717) is 38.4 Å². The highest BCUT2D eigenvalue weighted by Crippen LogP contribution is 2.35. The normalized spacial score (nSPS) is 19.7. The average Bonchev–Trinajstić information content (AvgIpc) is 2.93. The van der Waals surface area contributed by atoms with E-state index in [1.165, 1.54) is 0 Å². The summed E-state index contributed by atoms with van der Waals surface area (Å²) in [7, 11) is 0. The molecule has 0 saturated carbocycles. The minimum absolute atomic E-state index is 0.0743. The topological polar surface area (TPSA) is 164 Å². The van der Waals surface area contributed by atoms with Crippen molar-refractivity contribution >= 4 is 24.0 Å². The van der Waals surface area contributed by atoms with Crippen molar-refractivity contribution in [3.05, 3.63) is 29.8 Å². The lowest BCUT2D eigenvalue weighted by Crippen LogP contribution is -2.65. The van der Waals surface area contributed by atoms with Crippen LogP contribution in [-0.4, -0.2) is 78.7 Å². The molecule has 3 atom stereocenters. The van der Waals surface area contributed by atoms with E-state index in [0.717, 1.165) is 18.4 Å². The van der Waals surface area contributed by atoms with Crippen molar-refractivity contribution in [2.75, 3.05) is 26.4 Å². The predicted molar refractivity (Wildman–Crippen MR) is 176 cm³/mol. The van der Waals surface area contributed by atoms with Crippen LogP contribution in [0.25, 0.3) is 0 Å². The fourth-order valence-corrected chi connectivity index (χ4v) is 5.07. The van der Waals surface area contributed by atoms with Gasteiger partial charge < -0.3 is 40.6 Å². The number of carboxylic acid groups (broad SMARTS) is 1. The third-order valence-electron chi connectivity index (χ3n) is 7.99. The lowest BCUT2D eigenvalue weighted by atomic mass is 9.70. The van der Waals surface area contributed by atoms with Crippen LogP contribution >= 0.6 is 0 Å². The maximum atomic E-state index is 13.7. The second-order valence-electron chi connectivity index (χ2n) is 14.3. The van der Waals surface area contributed by atoms with E-state index in [2.05, 4.69) is 21.3 Å². The third kappa shape index (κ3) is 12.7. The van der Waals surface area contributed by atoms with E-state index in [9.17, 15) is 24.3 Å². The molecule has 2 aliphatic rings. The maximum absolute atomic E-state index is 13.7. The molecule has 1 aromatic carbocycles. The number of fused-ring (bicyclic) bond motifs is 13. The van der Waals surface area contributed by atoms with Crippen LogP contribution in [0.5, 0.6) is 5.75 Å². The number of aliphatic carboxylic acids is 1. The largest absolute Gasteiger partial charge is 0.494 e. The molecule has 4 amide bonds. The van der Waals surface area contributed by atoms with Gasteiger partial charge in [0.1, 0.15) is 22.9 Å². The molecule has 12 nitrogen and oxygen atoms in total. The third-order valence-corrected chi connectivity index (χ3v) is 7.99. The lowest BCUT2D eigenvalue weighted by molar-refractivity contribution is -0.150. The van der Waals surface area contributed by atoms with Gasteiger partial charge in [0.05, 0.1) is 19.3 Å². The van der Waals surface area contributed by atoms with Crippen LogP contribution < -0.4 is 26.0 Å². The molecule has 2 bridgehead atoms. The molecule has 0 spiro atoms. The lowest BCUT2D eigenvalue weighted by Gasteiger charge is -2.42. The van der Waals surface area contributed by atoms with Gasteiger partial charge in [-0.1, -0.05) is 46.8 Å². The Bertz CT molecular complexity index is 1140. The molecule has 5 N–H and O–H groups in total. The zero-order valence-corrected chi connectivity index (χ0v) is 28.9. The Labute approximate surface area is 274 Å². The molecular formula is C34H56N4O8. The number of carboxylic acids is 1. The van der Waals surface area contributed by atoms with Crippen molar-refractivity contribution < 1.29 is 38.5 Å². The Hall–Kier alpha value is -3.54. The second kappa shape index (κ2) is 17.4. The molecule has 0 unspecified atom stereocenters. The van der Waals surface area contributed by atoms with Gasteiger partial charge in [0.2, 0.25) is 5.91 Å². The van der Waals surface area contributed by atoms with Gasteiger partial charge in [-0.25, -0.2) is 14.4 Å². The first-order chi connectivity index (χ1) is 21.4. The fourth-order valence-electron chi connectivity index (χ4n) is 5.07. The van der Waals surface area contributed by atoms with E-state index in [1.807, 2.05) is 38.1 Å². The summed E-state index contributed by atoms with van der Waals surface area (Å²) in [6.45, 7) is 16.2. The number of ether oxygens (including phenoxy) is 3. The van der Waals surface area contributed by atoms with Crippen molar-refractivity contribution in [1.82, 2.24) is 21.3 Å². The Morgan fingerprint density at radius 1 is 1.02 bits per heavy atom. The number of alkyl carbamates (subject to hydrolysis) is 1. The highest BCUT2D eigenvalue weighted by Gasteiger charge is 2.50. The number of benzene rings is 1. The zero-order valence-electron chi connectivity index (χ0n) is 28.9. The van der Waals surface area contributed by atoms with Gasteiger partial charge in [0.15, 0.2) is 0 Å².